The van der Waals surface area contributed by atoms with Gasteiger partial charge in [0.2, 0.25) is 0 Å². The monoisotopic (exact) mass is 578 g/mol. The maximum absolute atomic E-state index is 13.9. The third kappa shape index (κ3) is 6.49. The van der Waals surface area contributed by atoms with Crippen LogP contribution in [0.1, 0.15) is 0 Å². The number of alkyl halides is 19. The fourth-order valence-corrected chi connectivity index (χ4v) is 1.52. The summed E-state index contributed by atoms with van der Waals surface area (Å²) in [5, 5.41) is 0. The van der Waals surface area contributed by atoms with Crippen molar-refractivity contribution < 1.29 is 88.8 Å². The van der Waals surface area contributed by atoms with E-state index in [0.717, 1.165) is 0 Å². The van der Waals surface area contributed by atoms with Gasteiger partial charge in [-0.3, -0.25) is 9.47 Å². The second-order valence-electron chi connectivity index (χ2n) is 5.50. The molecule has 0 rings (SSSR count). The first-order valence-corrected chi connectivity index (χ1v) is 8.02. The quantitative estimate of drug-likeness (QED) is 0.214. The molecule has 0 bridgehead atoms. The molecule has 0 N–H and O–H groups in total. The second-order valence-corrected chi connectivity index (χ2v) is 6.30. The molecule has 0 spiro atoms. The van der Waals surface area contributed by atoms with Crippen LogP contribution in [0.4, 0.5) is 74.6 Å². The Morgan fingerprint density at radius 1 is 0.576 bits per heavy atom. The van der Waals surface area contributed by atoms with Crippen molar-refractivity contribution in [3.05, 3.63) is 0 Å². The zero-order chi connectivity index (χ0) is 27.1. The van der Waals surface area contributed by atoms with E-state index < -0.39 is 66.4 Å². The van der Waals surface area contributed by atoms with Gasteiger partial charge in [0.1, 0.15) is 12.2 Å². The molecule has 0 fully saturated rings. The standard InChI is InChI=1S/C11H5Cl2F17O3/c12-1-3(13)31-2-4(14,7(18,19)20)32-11(29,30)6(17,9(24,25)26)33-10(27,28)5(15,16)8(21,22)23/h3H,1-2H2. The molecule has 0 aliphatic carbocycles. The molecule has 3 atom stereocenters. The normalized spacial score (nSPS) is 19.7. The molecule has 0 aromatic rings. The summed E-state index contributed by atoms with van der Waals surface area (Å²) in [6, 6.07) is 0. The van der Waals surface area contributed by atoms with E-state index in [1.54, 1.807) is 0 Å². The van der Waals surface area contributed by atoms with Gasteiger partial charge in [0.15, 0.2) is 0 Å². The van der Waals surface area contributed by atoms with Crippen LogP contribution in [0.15, 0.2) is 0 Å². The Hall–Kier alpha value is -0.730. The number of rotatable bonds is 10. The fourth-order valence-electron chi connectivity index (χ4n) is 1.37. The zero-order valence-electron chi connectivity index (χ0n) is 14.4. The lowest BCUT2D eigenvalue weighted by atomic mass is 10.2. The SMILES string of the molecule is FC(F)(F)C(F)(COC(Cl)CCl)OC(F)(F)C(F)(OC(F)(F)C(F)(F)C(F)(F)F)C(F)(F)F. The highest BCUT2D eigenvalue weighted by Gasteiger charge is 2.85. The largest absolute Gasteiger partial charge is 0.462 e. The Morgan fingerprint density at radius 3 is 1.30 bits per heavy atom. The molecule has 0 aromatic carbocycles. The number of hydrogen-bond acceptors (Lipinski definition) is 3. The highest BCUT2D eigenvalue weighted by Crippen LogP contribution is 2.56. The van der Waals surface area contributed by atoms with Crippen molar-refractivity contribution in [2.45, 2.75) is 53.9 Å². The molecule has 200 valence electrons. The third-order valence-corrected chi connectivity index (χ3v) is 3.73. The van der Waals surface area contributed by atoms with Crippen molar-refractivity contribution in [2.24, 2.45) is 0 Å². The average Bonchev–Trinajstić information content (AvgIpc) is 2.55. The number of halogens is 19. The van der Waals surface area contributed by atoms with Crippen LogP contribution in [0, 0.1) is 0 Å². The van der Waals surface area contributed by atoms with Gasteiger partial charge in [-0.05, 0) is 0 Å². The number of hydrogen-bond donors (Lipinski definition) is 0. The summed E-state index contributed by atoms with van der Waals surface area (Å²) in [6.07, 6.45) is -37.9. The second kappa shape index (κ2) is 9.38. The van der Waals surface area contributed by atoms with Crippen LogP contribution in [-0.4, -0.2) is 66.4 Å². The topological polar surface area (TPSA) is 27.7 Å². The molecule has 0 aromatic heterocycles. The smallest absolute Gasteiger partial charge is 0.355 e. The first-order chi connectivity index (χ1) is 14.1. The molecular weight excluding hydrogens is 574 g/mol. The maximum Gasteiger partial charge on any atom is 0.462 e. The highest BCUT2D eigenvalue weighted by atomic mass is 35.5. The Bertz CT molecular complexity index is 662. The molecule has 3 nitrogen and oxygen atoms in total. The van der Waals surface area contributed by atoms with Crippen LogP contribution in [0.2, 0.25) is 0 Å². The molecular formula is C11H5Cl2F17O3. The molecule has 0 saturated carbocycles. The van der Waals surface area contributed by atoms with Crippen LogP contribution in [-0.2, 0) is 14.2 Å². The summed E-state index contributed by atoms with van der Waals surface area (Å²) in [5.74, 6) is -23.1. The Labute approximate surface area is 179 Å². The molecule has 0 saturated heterocycles. The fraction of sp³-hybridized carbons (Fsp3) is 1.00. The van der Waals surface area contributed by atoms with Gasteiger partial charge in [-0.25, -0.2) is 0 Å². The lowest BCUT2D eigenvalue weighted by Gasteiger charge is -2.40. The summed E-state index contributed by atoms with van der Waals surface area (Å²) in [5.41, 5.74) is -2.20. The summed E-state index contributed by atoms with van der Waals surface area (Å²) in [4.78, 5) is 0. The van der Waals surface area contributed by atoms with Gasteiger partial charge in [-0.15, -0.1) is 11.6 Å². The highest BCUT2D eigenvalue weighted by molar-refractivity contribution is 6.27. The first-order valence-electron chi connectivity index (χ1n) is 7.05. The van der Waals surface area contributed by atoms with Crippen molar-refractivity contribution in [1.82, 2.24) is 0 Å². The van der Waals surface area contributed by atoms with Crippen LogP contribution in [0.25, 0.3) is 0 Å². The first kappa shape index (κ1) is 32.3. The summed E-state index contributed by atoms with van der Waals surface area (Å²) in [7, 11) is 0. The molecule has 0 aliphatic rings. The van der Waals surface area contributed by atoms with Gasteiger partial charge in [0.25, 0.3) is 0 Å². The predicted molar refractivity (Wildman–Crippen MR) is 69.2 cm³/mol. The molecule has 0 aliphatic heterocycles. The van der Waals surface area contributed by atoms with E-state index >= 15 is 0 Å². The Kier molecular flexibility index (Phi) is 9.17. The summed E-state index contributed by atoms with van der Waals surface area (Å²) < 4.78 is 225. The van der Waals surface area contributed by atoms with Crippen LogP contribution >= 0.6 is 23.2 Å². The van der Waals surface area contributed by atoms with E-state index in [1.807, 2.05) is 4.74 Å². The van der Waals surface area contributed by atoms with E-state index in [4.69, 9.17) is 23.2 Å². The predicted octanol–water partition coefficient (Wildman–Crippen LogP) is 6.68. The summed E-state index contributed by atoms with van der Waals surface area (Å²) >= 11 is 9.82. The zero-order valence-corrected chi connectivity index (χ0v) is 15.9. The Morgan fingerprint density at radius 2 is 1.00 bits per heavy atom. The molecule has 0 heterocycles. The van der Waals surface area contributed by atoms with Crippen LogP contribution in [0.5, 0.6) is 0 Å². The average molecular weight is 579 g/mol. The van der Waals surface area contributed by atoms with Crippen LogP contribution in [0.3, 0.4) is 0 Å². The van der Waals surface area contributed by atoms with Crippen molar-refractivity contribution in [3.63, 3.8) is 0 Å². The van der Waals surface area contributed by atoms with Gasteiger partial charge in [0.05, 0.1) is 5.88 Å². The van der Waals surface area contributed by atoms with Crippen molar-refractivity contribution in [1.29, 1.82) is 0 Å². The van der Waals surface area contributed by atoms with E-state index in [-0.39, 0.29) is 0 Å². The summed E-state index contributed by atoms with van der Waals surface area (Å²) in [6.45, 7) is -2.99. The van der Waals surface area contributed by atoms with E-state index in [2.05, 4.69) is 4.74 Å². The molecule has 22 heteroatoms. The molecule has 3 unspecified atom stereocenters. The molecule has 0 radical (unpaired) electrons. The van der Waals surface area contributed by atoms with Gasteiger partial charge in [-0.2, -0.15) is 74.6 Å². The lowest BCUT2D eigenvalue weighted by molar-refractivity contribution is -0.553. The van der Waals surface area contributed by atoms with E-state index in [0.29, 0.717) is 0 Å². The Balaban J connectivity index is 6.52. The van der Waals surface area contributed by atoms with E-state index in [9.17, 15) is 74.6 Å². The maximum atomic E-state index is 13.9. The minimum atomic E-state index is -7.94. The minimum Gasteiger partial charge on any atom is -0.355 e. The minimum absolute atomic E-state index is 1.04. The van der Waals surface area contributed by atoms with Gasteiger partial charge in [-0.1, -0.05) is 11.6 Å². The van der Waals surface area contributed by atoms with Gasteiger partial charge in [0, 0.05) is 0 Å². The van der Waals surface area contributed by atoms with Crippen molar-refractivity contribution in [3.8, 4) is 0 Å². The lowest BCUT2D eigenvalue weighted by Crippen LogP contribution is -2.67. The van der Waals surface area contributed by atoms with Crippen molar-refractivity contribution >= 4 is 23.2 Å². The molecule has 0 amide bonds. The van der Waals surface area contributed by atoms with Crippen LogP contribution < -0.4 is 0 Å². The van der Waals surface area contributed by atoms with Crippen molar-refractivity contribution in [2.75, 3.05) is 12.5 Å². The third-order valence-electron chi connectivity index (χ3n) is 3.01. The van der Waals surface area contributed by atoms with Gasteiger partial charge < -0.3 is 4.74 Å². The number of ether oxygens (including phenoxy) is 3. The van der Waals surface area contributed by atoms with E-state index in [1.165, 1.54) is 4.74 Å². The van der Waals surface area contributed by atoms with Gasteiger partial charge >= 0.3 is 48.4 Å². The molecule has 33 heavy (non-hydrogen) atoms.